The van der Waals surface area contributed by atoms with E-state index in [9.17, 15) is 0 Å². The minimum Gasteiger partial charge on any atom is -0.386 e. The zero-order valence-corrected chi connectivity index (χ0v) is 16.7. The number of hydrogen-bond acceptors (Lipinski definition) is 3. The summed E-state index contributed by atoms with van der Waals surface area (Å²) in [6, 6.07) is 4.86. The number of aryl methyl sites for hydroxylation is 1. The fraction of sp³-hybridized carbons (Fsp3) is 0.696. The van der Waals surface area contributed by atoms with E-state index in [-0.39, 0.29) is 5.41 Å². The molecule has 142 valence electrons. The van der Waals surface area contributed by atoms with Crippen LogP contribution in [0, 0.1) is 5.92 Å². The molecule has 1 aromatic rings. The summed E-state index contributed by atoms with van der Waals surface area (Å²) < 4.78 is 0. The van der Waals surface area contributed by atoms with Gasteiger partial charge in [0, 0.05) is 0 Å². The summed E-state index contributed by atoms with van der Waals surface area (Å²) in [5.74, 6) is 1.56. The van der Waals surface area contributed by atoms with Crippen LogP contribution in [-0.2, 0) is 18.3 Å². The van der Waals surface area contributed by atoms with Crippen molar-refractivity contribution in [1.82, 2.24) is 4.90 Å². The molecule has 1 saturated heterocycles. The Bertz CT molecular complexity index is 679. The highest BCUT2D eigenvalue weighted by Gasteiger charge is 2.47. The Labute approximate surface area is 159 Å². The van der Waals surface area contributed by atoms with Crippen molar-refractivity contribution in [2.45, 2.75) is 77.0 Å². The molecule has 3 nitrogen and oxygen atoms in total. The van der Waals surface area contributed by atoms with Crippen LogP contribution in [-0.4, -0.2) is 30.4 Å². The van der Waals surface area contributed by atoms with E-state index >= 15 is 0 Å². The number of aliphatic imine (C=N–C) groups is 1. The first kappa shape index (κ1) is 18.0. The van der Waals surface area contributed by atoms with Crippen LogP contribution in [0.3, 0.4) is 0 Å². The summed E-state index contributed by atoms with van der Waals surface area (Å²) in [6.45, 7) is 8.56. The highest BCUT2D eigenvalue weighted by atomic mass is 15.1. The van der Waals surface area contributed by atoms with Crippen molar-refractivity contribution < 1.29 is 0 Å². The van der Waals surface area contributed by atoms with Gasteiger partial charge in [0.05, 0.1) is 11.1 Å². The van der Waals surface area contributed by atoms with Crippen molar-refractivity contribution in [2.24, 2.45) is 16.6 Å². The average Bonchev–Trinajstić information content (AvgIpc) is 3.15. The second-order valence-corrected chi connectivity index (χ2v) is 9.17. The molecule has 0 amide bonds. The van der Waals surface area contributed by atoms with E-state index < -0.39 is 0 Å². The lowest BCUT2D eigenvalue weighted by Gasteiger charge is -2.39. The third kappa shape index (κ3) is 3.31. The lowest BCUT2D eigenvalue weighted by Crippen LogP contribution is -2.44. The average molecular weight is 354 g/mol. The third-order valence-corrected chi connectivity index (χ3v) is 6.77. The molecule has 1 aromatic carbocycles. The molecule has 3 heteroatoms. The van der Waals surface area contributed by atoms with Gasteiger partial charge in [0.1, 0.15) is 5.84 Å². The molecule has 4 rings (SSSR count). The summed E-state index contributed by atoms with van der Waals surface area (Å²) in [7, 11) is 0. The molecule has 1 aliphatic carbocycles. The van der Waals surface area contributed by atoms with Crippen molar-refractivity contribution >= 4 is 11.5 Å². The second kappa shape index (κ2) is 7.34. The van der Waals surface area contributed by atoms with Crippen LogP contribution in [0.1, 0.15) is 75.5 Å². The van der Waals surface area contributed by atoms with Crippen molar-refractivity contribution in [2.75, 3.05) is 19.6 Å². The largest absolute Gasteiger partial charge is 0.386 e. The Morgan fingerprint density at radius 3 is 2.50 bits per heavy atom. The predicted octanol–water partition coefficient (Wildman–Crippen LogP) is 4.73. The van der Waals surface area contributed by atoms with Crippen molar-refractivity contribution in [3.05, 3.63) is 28.8 Å². The van der Waals surface area contributed by atoms with Gasteiger partial charge in [-0.3, -0.25) is 0 Å². The van der Waals surface area contributed by atoms with E-state index in [1.165, 1.54) is 94.2 Å². The Hall–Kier alpha value is -1.35. The molecule has 2 aliphatic heterocycles. The summed E-state index contributed by atoms with van der Waals surface area (Å²) in [5, 5.41) is 0. The molecule has 0 bridgehead atoms. The van der Waals surface area contributed by atoms with Crippen LogP contribution in [0.25, 0.3) is 0 Å². The first-order valence-electron chi connectivity index (χ1n) is 10.8. The molecular formula is C23H35N3. The Kier molecular flexibility index (Phi) is 5.09. The summed E-state index contributed by atoms with van der Waals surface area (Å²) in [4.78, 5) is 7.41. The number of fused-ring (bicyclic) bond motifs is 2. The molecule has 26 heavy (non-hydrogen) atoms. The number of benzene rings is 1. The van der Waals surface area contributed by atoms with Gasteiger partial charge in [-0.05, 0) is 99.7 Å². The standard InChI is InChI=1S/C23H35N3/c1-17(2)14-19-15-20-21(25-22(24)23(20)9-7-10-23)16-18(19)8-3-4-11-26-12-5-6-13-26/h15-17H,3-14H2,1-2H3,(H2,24,25). The molecule has 0 radical (unpaired) electrons. The second-order valence-electron chi connectivity index (χ2n) is 9.17. The van der Waals surface area contributed by atoms with Gasteiger partial charge in [-0.15, -0.1) is 0 Å². The summed E-state index contributed by atoms with van der Waals surface area (Å²) >= 11 is 0. The van der Waals surface area contributed by atoms with Gasteiger partial charge in [0.25, 0.3) is 0 Å². The van der Waals surface area contributed by atoms with E-state index in [0.29, 0.717) is 5.92 Å². The lowest BCUT2D eigenvalue weighted by atomic mass is 9.64. The molecule has 2 fully saturated rings. The molecule has 1 spiro atoms. The number of unbranched alkanes of at least 4 members (excludes halogenated alkanes) is 1. The number of nitrogens with zero attached hydrogens (tertiary/aromatic N) is 2. The quantitative estimate of drug-likeness (QED) is 0.720. The maximum Gasteiger partial charge on any atom is 0.110 e. The number of rotatable bonds is 7. The highest BCUT2D eigenvalue weighted by Crippen LogP contribution is 2.52. The first-order valence-corrected chi connectivity index (χ1v) is 10.8. The van der Waals surface area contributed by atoms with E-state index in [4.69, 9.17) is 10.7 Å². The summed E-state index contributed by atoms with van der Waals surface area (Å²) in [5.41, 5.74) is 12.1. The van der Waals surface area contributed by atoms with Crippen molar-refractivity contribution in [3.63, 3.8) is 0 Å². The molecule has 0 atom stereocenters. The van der Waals surface area contributed by atoms with E-state index in [2.05, 4.69) is 30.9 Å². The van der Waals surface area contributed by atoms with Gasteiger partial charge < -0.3 is 10.6 Å². The van der Waals surface area contributed by atoms with Crippen LogP contribution in [0.4, 0.5) is 5.69 Å². The van der Waals surface area contributed by atoms with Gasteiger partial charge in [0.2, 0.25) is 0 Å². The molecule has 0 unspecified atom stereocenters. The number of nitrogens with two attached hydrogens (primary N) is 1. The Morgan fingerprint density at radius 2 is 1.85 bits per heavy atom. The fourth-order valence-corrected chi connectivity index (χ4v) is 5.10. The zero-order valence-electron chi connectivity index (χ0n) is 16.7. The highest BCUT2D eigenvalue weighted by molar-refractivity contribution is 6.00. The molecule has 0 aromatic heterocycles. The Morgan fingerprint density at radius 1 is 1.08 bits per heavy atom. The van der Waals surface area contributed by atoms with Crippen LogP contribution in [0.5, 0.6) is 0 Å². The maximum absolute atomic E-state index is 6.36. The maximum atomic E-state index is 6.36. The molecular weight excluding hydrogens is 318 g/mol. The van der Waals surface area contributed by atoms with Crippen LogP contribution in [0.15, 0.2) is 17.1 Å². The number of amidine groups is 1. The van der Waals surface area contributed by atoms with Gasteiger partial charge in [0.15, 0.2) is 0 Å². The zero-order chi connectivity index (χ0) is 18.1. The summed E-state index contributed by atoms with van der Waals surface area (Å²) in [6.07, 6.45) is 11.4. The van der Waals surface area contributed by atoms with Crippen LogP contribution >= 0.6 is 0 Å². The smallest absolute Gasteiger partial charge is 0.110 e. The van der Waals surface area contributed by atoms with Gasteiger partial charge >= 0.3 is 0 Å². The number of likely N-dealkylation sites (tertiary alicyclic amines) is 1. The SMILES string of the molecule is CC(C)Cc1cc2c(cc1CCCCN1CCCC1)N=C(N)C21CCC1. The normalized spacial score (nSPS) is 21.3. The molecule has 2 heterocycles. The van der Waals surface area contributed by atoms with E-state index in [1.807, 2.05) is 0 Å². The first-order chi connectivity index (χ1) is 12.6. The minimum atomic E-state index is 0.0926. The van der Waals surface area contributed by atoms with Crippen molar-refractivity contribution in [3.8, 4) is 0 Å². The van der Waals surface area contributed by atoms with Crippen molar-refractivity contribution in [1.29, 1.82) is 0 Å². The number of hydrogen-bond donors (Lipinski definition) is 1. The molecule has 1 saturated carbocycles. The van der Waals surface area contributed by atoms with Gasteiger partial charge in [-0.25, -0.2) is 4.99 Å². The van der Waals surface area contributed by atoms with Gasteiger partial charge in [-0.1, -0.05) is 26.3 Å². The van der Waals surface area contributed by atoms with Gasteiger partial charge in [-0.2, -0.15) is 0 Å². The molecule has 2 N–H and O–H groups in total. The van der Waals surface area contributed by atoms with Crippen LogP contribution < -0.4 is 5.73 Å². The molecule has 3 aliphatic rings. The Balaban J connectivity index is 1.49. The predicted molar refractivity (Wildman–Crippen MR) is 110 cm³/mol. The monoisotopic (exact) mass is 353 g/mol. The van der Waals surface area contributed by atoms with E-state index in [0.717, 1.165) is 5.84 Å². The van der Waals surface area contributed by atoms with Crippen LogP contribution in [0.2, 0.25) is 0 Å². The fourth-order valence-electron chi connectivity index (χ4n) is 5.10. The lowest BCUT2D eigenvalue weighted by molar-refractivity contribution is 0.330. The third-order valence-electron chi connectivity index (χ3n) is 6.77. The topological polar surface area (TPSA) is 41.6 Å². The van der Waals surface area contributed by atoms with E-state index in [1.54, 1.807) is 5.56 Å². The minimum absolute atomic E-state index is 0.0926.